The van der Waals surface area contributed by atoms with Gasteiger partial charge in [-0.3, -0.25) is 4.79 Å². The minimum Gasteiger partial charge on any atom is -0.383 e. The molecule has 1 aromatic carbocycles. The van der Waals surface area contributed by atoms with Gasteiger partial charge in [-0.05, 0) is 24.6 Å². The number of amides is 1. The summed E-state index contributed by atoms with van der Waals surface area (Å²) in [6.45, 7) is 3.81. The van der Waals surface area contributed by atoms with Crippen LogP contribution in [0.1, 0.15) is 23.7 Å². The van der Waals surface area contributed by atoms with Gasteiger partial charge in [-0.15, -0.1) is 0 Å². The molecular formula is C20H24F2N6O2S. The van der Waals surface area contributed by atoms with Crippen LogP contribution < -0.4 is 10.6 Å². The number of carbonyl (C=O) groups is 1. The quantitative estimate of drug-likeness (QED) is 0.263. The summed E-state index contributed by atoms with van der Waals surface area (Å²) < 4.78 is 33.1. The van der Waals surface area contributed by atoms with Crippen molar-refractivity contribution >= 4 is 34.5 Å². The fraction of sp³-hybridized carbons (Fsp3) is 0.400. The Labute approximate surface area is 182 Å². The third kappa shape index (κ3) is 5.88. The molecule has 0 saturated carbocycles. The Bertz CT molecular complexity index is 1050. The molecule has 0 atom stereocenters. The molecule has 11 heteroatoms. The number of fused-ring (bicyclic) bond motifs is 1. The van der Waals surface area contributed by atoms with E-state index in [-0.39, 0.29) is 12.1 Å². The van der Waals surface area contributed by atoms with E-state index in [0.717, 1.165) is 29.7 Å². The van der Waals surface area contributed by atoms with Crippen LogP contribution in [0.25, 0.3) is 11.0 Å². The summed E-state index contributed by atoms with van der Waals surface area (Å²) in [5.41, 5.74) is 0.699. The predicted molar refractivity (Wildman–Crippen MR) is 115 cm³/mol. The average Bonchev–Trinajstić information content (AvgIpc) is 3.17. The maximum absolute atomic E-state index is 13.3. The monoisotopic (exact) mass is 450 g/mol. The molecule has 3 rings (SSSR count). The number of thioether (sulfide) groups is 1. The van der Waals surface area contributed by atoms with Crippen molar-refractivity contribution in [3.63, 3.8) is 0 Å². The van der Waals surface area contributed by atoms with E-state index in [0.29, 0.717) is 36.3 Å². The van der Waals surface area contributed by atoms with Crippen LogP contribution in [0.5, 0.6) is 0 Å². The average molecular weight is 451 g/mol. The van der Waals surface area contributed by atoms with E-state index in [1.807, 2.05) is 0 Å². The van der Waals surface area contributed by atoms with E-state index in [4.69, 9.17) is 4.74 Å². The van der Waals surface area contributed by atoms with Crippen LogP contribution in [-0.2, 0) is 11.3 Å². The fourth-order valence-corrected chi connectivity index (χ4v) is 3.47. The second-order valence-electron chi connectivity index (χ2n) is 6.61. The third-order valence-corrected chi connectivity index (χ3v) is 5.35. The number of methoxy groups -OCH3 is 1. The lowest BCUT2D eigenvalue weighted by atomic mass is 10.2. The van der Waals surface area contributed by atoms with Crippen LogP contribution in [0.3, 0.4) is 0 Å². The summed E-state index contributed by atoms with van der Waals surface area (Å²) in [5.74, 6) is -0.982. The zero-order chi connectivity index (χ0) is 22.2. The van der Waals surface area contributed by atoms with Gasteiger partial charge in [0.1, 0.15) is 5.82 Å². The Morgan fingerprint density at radius 2 is 2.06 bits per heavy atom. The molecule has 0 fully saturated rings. The molecule has 1 amide bonds. The standard InChI is InChI=1S/C20H24F2N6O2S/c1-3-10-31-20-26-17(23-7-9-30-2)14-12-25-28(18(14)27-20)8-6-24-19(29)13-4-5-15(21)16(22)11-13/h4-5,11-12H,3,6-10H2,1-2H3,(H,24,29)(H,23,26,27). The van der Waals surface area contributed by atoms with Crippen molar-refractivity contribution in [2.75, 3.05) is 37.9 Å². The van der Waals surface area contributed by atoms with Crippen LogP contribution in [0.4, 0.5) is 14.6 Å². The molecule has 0 aliphatic heterocycles. The van der Waals surface area contributed by atoms with Gasteiger partial charge in [0.05, 0.1) is 24.7 Å². The summed E-state index contributed by atoms with van der Waals surface area (Å²) in [4.78, 5) is 21.4. The first-order valence-corrected chi connectivity index (χ1v) is 10.8. The zero-order valence-corrected chi connectivity index (χ0v) is 18.1. The molecule has 2 heterocycles. The number of anilines is 1. The van der Waals surface area contributed by atoms with Crippen molar-refractivity contribution in [2.24, 2.45) is 0 Å². The van der Waals surface area contributed by atoms with Crippen LogP contribution >= 0.6 is 11.8 Å². The second kappa shape index (κ2) is 11.0. The summed E-state index contributed by atoms with van der Waals surface area (Å²) >= 11 is 1.56. The van der Waals surface area contributed by atoms with E-state index < -0.39 is 17.5 Å². The number of carbonyl (C=O) groups excluding carboxylic acids is 1. The Morgan fingerprint density at radius 1 is 1.23 bits per heavy atom. The van der Waals surface area contributed by atoms with E-state index in [2.05, 4.69) is 32.6 Å². The number of benzene rings is 1. The van der Waals surface area contributed by atoms with Crippen molar-refractivity contribution in [1.29, 1.82) is 0 Å². The molecule has 0 unspecified atom stereocenters. The number of halogens is 2. The number of aromatic nitrogens is 4. The molecule has 0 radical (unpaired) electrons. The highest BCUT2D eigenvalue weighted by Crippen LogP contribution is 2.24. The summed E-state index contributed by atoms with van der Waals surface area (Å²) in [5, 5.41) is 11.7. The SMILES string of the molecule is CCCSc1nc(NCCOC)c2cnn(CCNC(=O)c3ccc(F)c(F)c3)c2n1. The molecule has 2 aromatic heterocycles. The maximum atomic E-state index is 13.3. The second-order valence-corrected chi connectivity index (χ2v) is 7.67. The predicted octanol–water partition coefficient (Wildman–Crippen LogP) is 3.09. The molecule has 0 aliphatic rings. The highest BCUT2D eigenvalue weighted by atomic mass is 32.2. The lowest BCUT2D eigenvalue weighted by Crippen LogP contribution is -2.27. The summed E-state index contributed by atoms with van der Waals surface area (Å²) in [6.07, 6.45) is 2.67. The molecule has 8 nitrogen and oxygen atoms in total. The van der Waals surface area contributed by atoms with E-state index >= 15 is 0 Å². The number of hydrogen-bond acceptors (Lipinski definition) is 7. The molecule has 0 aliphatic carbocycles. The van der Waals surface area contributed by atoms with Gasteiger partial charge in [-0.25, -0.2) is 23.4 Å². The molecule has 0 bridgehead atoms. The first kappa shape index (κ1) is 22.9. The summed E-state index contributed by atoms with van der Waals surface area (Å²) in [7, 11) is 1.63. The van der Waals surface area contributed by atoms with Crippen molar-refractivity contribution in [2.45, 2.75) is 25.0 Å². The normalized spacial score (nSPS) is 11.1. The van der Waals surface area contributed by atoms with Crippen LogP contribution in [0.15, 0.2) is 29.6 Å². The minimum atomic E-state index is -1.06. The number of hydrogen-bond donors (Lipinski definition) is 2. The van der Waals surface area contributed by atoms with Gasteiger partial charge < -0.3 is 15.4 Å². The highest BCUT2D eigenvalue weighted by Gasteiger charge is 2.14. The Kier molecular flexibility index (Phi) is 8.13. The number of nitrogens with one attached hydrogen (secondary N) is 2. The van der Waals surface area contributed by atoms with Gasteiger partial charge in [0, 0.05) is 31.5 Å². The van der Waals surface area contributed by atoms with Crippen LogP contribution in [0.2, 0.25) is 0 Å². The maximum Gasteiger partial charge on any atom is 0.251 e. The molecule has 166 valence electrons. The molecule has 3 aromatic rings. The highest BCUT2D eigenvalue weighted by molar-refractivity contribution is 7.99. The van der Waals surface area contributed by atoms with Gasteiger partial charge in [0.2, 0.25) is 0 Å². The first-order chi connectivity index (χ1) is 15.0. The number of rotatable bonds is 11. The number of ether oxygens (including phenoxy) is 1. The zero-order valence-electron chi connectivity index (χ0n) is 17.3. The van der Waals surface area contributed by atoms with Crippen molar-refractivity contribution in [3.05, 3.63) is 41.6 Å². The Balaban J connectivity index is 1.72. The van der Waals surface area contributed by atoms with Crippen LogP contribution in [-0.4, -0.2) is 58.2 Å². The van der Waals surface area contributed by atoms with E-state index in [1.165, 1.54) is 6.07 Å². The third-order valence-electron chi connectivity index (χ3n) is 4.30. The number of nitrogens with zero attached hydrogens (tertiary/aromatic N) is 4. The molecular weight excluding hydrogens is 426 g/mol. The minimum absolute atomic E-state index is 0.0504. The van der Waals surface area contributed by atoms with Gasteiger partial charge >= 0.3 is 0 Å². The Morgan fingerprint density at radius 3 is 2.81 bits per heavy atom. The van der Waals surface area contributed by atoms with E-state index in [9.17, 15) is 13.6 Å². The van der Waals surface area contributed by atoms with E-state index in [1.54, 1.807) is 29.8 Å². The van der Waals surface area contributed by atoms with Gasteiger partial charge in [0.25, 0.3) is 5.91 Å². The smallest absolute Gasteiger partial charge is 0.251 e. The fourth-order valence-electron chi connectivity index (χ4n) is 2.78. The van der Waals surface area contributed by atoms with Gasteiger partial charge in [-0.1, -0.05) is 18.7 Å². The topological polar surface area (TPSA) is 94.0 Å². The molecule has 0 spiro atoms. The van der Waals surface area contributed by atoms with Gasteiger partial charge in [-0.2, -0.15) is 5.10 Å². The van der Waals surface area contributed by atoms with Crippen molar-refractivity contribution in [3.8, 4) is 0 Å². The first-order valence-electron chi connectivity index (χ1n) is 9.86. The molecule has 0 saturated heterocycles. The molecule has 31 heavy (non-hydrogen) atoms. The largest absolute Gasteiger partial charge is 0.383 e. The Hall–Kier alpha value is -2.79. The van der Waals surface area contributed by atoms with Crippen molar-refractivity contribution < 1.29 is 18.3 Å². The van der Waals surface area contributed by atoms with Crippen LogP contribution in [0, 0.1) is 11.6 Å². The lowest BCUT2D eigenvalue weighted by Gasteiger charge is -2.10. The molecule has 2 N–H and O–H groups in total. The van der Waals surface area contributed by atoms with Gasteiger partial charge in [0.15, 0.2) is 22.4 Å². The summed E-state index contributed by atoms with van der Waals surface area (Å²) in [6, 6.07) is 3.03. The lowest BCUT2D eigenvalue weighted by molar-refractivity contribution is 0.0951. The van der Waals surface area contributed by atoms with Crippen molar-refractivity contribution in [1.82, 2.24) is 25.1 Å².